The van der Waals surface area contributed by atoms with Crippen LogP contribution in [-0.2, 0) is 11.2 Å². The van der Waals surface area contributed by atoms with Gasteiger partial charge in [0.25, 0.3) is 0 Å². The van der Waals surface area contributed by atoms with Crippen LogP contribution in [0.5, 0.6) is 0 Å². The molecule has 21 heavy (non-hydrogen) atoms. The summed E-state index contributed by atoms with van der Waals surface area (Å²) in [7, 11) is 0. The molecule has 1 fully saturated rings. The molecule has 0 saturated carbocycles. The van der Waals surface area contributed by atoms with Gasteiger partial charge in [-0.15, -0.1) is 0 Å². The molecule has 1 aliphatic rings. The van der Waals surface area contributed by atoms with Crippen molar-refractivity contribution >= 4 is 22.7 Å². The summed E-state index contributed by atoms with van der Waals surface area (Å²) < 4.78 is 5.59. The Kier molecular flexibility index (Phi) is 3.82. The molecule has 1 aliphatic heterocycles. The molecule has 1 aromatic carbocycles. The Bertz CT molecular complexity index is 644. The number of carbonyl (C=O) groups is 1. The first kappa shape index (κ1) is 13.9. The second-order valence-corrected chi connectivity index (χ2v) is 5.54. The lowest BCUT2D eigenvalue weighted by Gasteiger charge is -2.21. The number of oxazole rings is 1. The van der Waals surface area contributed by atoms with E-state index in [0.29, 0.717) is 0 Å². The Morgan fingerprint density at radius 2 is 2.19 bits per heavy atom. The molecule has 0 spiro atoms. The number of rotatable bonds is 4. The molecule has 5 nitrogen and oxygen atoms in total. The zero-order chi connectivity index (χ0) is 14.8. The molecule has 0 radical (unpaired) electrons. The standard InChI is InChI=1S/C16H21N3O2/c1-3-15-18-13-10-12(6-7-14(13)21-15)17-11(2)16(20)19-8-4-5-9-19/h6-7,10-11,17H,3-5,8-9H2,1-2H3/t11-/m1/s1. The highest BCUT2D eigenvalue weighted by molar-refractivity contribution is 5.85. The minimum atomic E-state index is -0.224. The van der Waals surface area contributed by atoms with Crippen LogP contribution in [0.3, 0.4) is 0 Å². The second-order valence-electron chi connectivity index (χ2n) is 5.54. The molecule has 3 rings (SSSR count). The van der Waals surface area contributed by atoms with Gasteiger partial charge in [-0.05, 0) is 38.0 Å². The monoisotopic (exact) mass is 287 g/mol. The number of aromatic nitrogens is 1. The van der Waals surface area contributed by atoms with Crippen LogP contribution >= 0.6 is 0 Å². The van der Waals surface area contributed by atoms with Crippen molar-refractivity contribution in [1.29, 1.82) is 0 Å². The maximum atomic E-state index is 12.3. The fourth-order valence-electron chi connectivity index (χ4n) is 2.74. The average Bonchev–Trinajstić information content (AvgIpc) is 3.14. The van der Waals surface area contributed by atoms with Crippen LogP contribution in [0.2, 0.25) is 0 Å². The number of aryl methyl sites for hydroxylation is 1. The normalized spacial score (nSPS) is 16.4. The van der Waals surface area contributed by atoms with Crippen molar-refractivity contribution in [3.05, 3.63) is 24.1 Å². The number of nitrogens with one attached hydrogen (secondary N) is 1. The van der Waals surface area contributed by atoms with Crippen molar-refractivity contribution < 1.29 is 9.21 Å². The minimum absolute atomic E-state index is 0.169. The van der Waals surface area contributed by atoms with Gasteiger partial charge in [-0.25, -0.2) is 4.98 Å². The molecule has 1 saturated heterocycles. The SMILES string of the molecule is CCc1nc2cc(N[C@H](C)C(=O)N3CCCC3)ccc2o1. The van der Waals surface area contributed by atoms with Gasteiger partial charge in [-0.1, -0.05) is 6.92 Å². The topological polar surface area (TPSA) is 58.4 Å². The number of likely N-dealkylation sites (tertiary alicyclic amines) is 1. The first-order valence-electron chi connectivity index (χ1n) is 7.62. The molecule has 2 aromatic rings. The largest absolute Gasteiger partial charge is 0.441 e. The predicted molar refractivity (Wildman–Crippen MR) is 82.3 cm³/mol. The van der Waals surface area contributed by atoms with Gasteiger partial charge >= 0.3 is 0 Å². The fraction of sp³-hybridized carbons (Fsp3) is 0.500. The molecule has 1 amide bonds. The van der Waals surface area contributed by atoms with Crippen molar-refractivity contribution in [3.63, 3.8) is 0 Å². The summed E-state index contributed by atoms with van der Waals surface area (Å²) in [6, 6.07) is 5.54. The Morgan fingerprint density at radius 3 is 2.90 bits per heavy atom. The third-order valence-corrected chi connectivity index (χ3v) is 3.91. The molecule has 0 bridgehead atoms. The quantitative estimate of drug-likeness (QED) is 0.939. The molecule has 0 unspecified atom stereocenters. The highest BCUT2D eigenvalue weighted by atomic mass is 16.3. The van der Waals surface area contributed by atoms with Crippen LogP contribution in [-0.4, -0.2) is 34.9 Å². The third kappa shape index (κ3) is 2.86. The summed E-state index contributed by atoms with van der Waals surface area (Å²) in [5, 5.41) is 3.27. The lowest BCUT2D eigenvalue weighted by molar-refractivity contribution is -0.130. The number of carbonyl (C=O) groups excluding carboxylic acids is 1. The van der Waals surface area contributed by atoms with Gasteiger partial charge in [-0.2, -0.15) is 0 Å². The number of nitrogens with zero attached hydrogens (tertiary/aromatic N) is 2. The van der Waals surface area contributed by atoms with E-state index in [4.69, 9.17) is 4.42 Å². The smallest absolute Gasteiger partial charge is 0.244 e. The lowest BCUT2D eigenvalue weighted by atomic mass is 10.2. The van der Waals surface area contributed by atoms with Crippen molar-refractivity contribution in [1.82, 2.24) is 9.88 Å². The van der Waals surface area contributed by atoms with E-state index in [-0.39, 0.29) is 11.9 Å². The Labute approximate surface area is 124 Å². The number of hydrogen-bond donors (Lipinski definition) is 1. The summed E-state index contributed by atoms with van der Waals surface area (Å²) in [5.41, 5.74) is 2.52. The van der Waals surface area contributed by atoms with Crippen molar-refractivity contribution in [2.24, 2.45) is 0 Å². The summed E-state index contributed by atoms with van der Waals surface area (Å²) in [6.07, 6.45) is 3.01. The number of fused-ring (bicyclic) bond motifs is 1. The lowest BCUT2D eigenvalue weighted by Crippen LogP contribution is -2.39. The second kappa shape index (κ2) is 5.76. The van der Waals surface area contributed by atoms with Crippen LogP contribution in [0.1, 0.15) is 32.6 Å². The first-order valence-corrected chi connectivity index (χ1v) is 7.62. The van der Waals surface area contributed by atoms with Crippen LogP contribution in [0, 0.1) is 0 Å². The van der Waals surface area contributed by atoms with E-state index in [1.54, 1.807) is 0 Å². The van der Waals surface area contributed by atoms with E-state index >= 15 is 0 Å². The predicted octanol–water partition coefficient (Wildman–Crippen LogP) is 2.81. The van der Waals surface area contributed by atoms with Gasteiger partial charge < -0.3 is 14.6 Å². The molecule has 1 aromatic heterocycles. The fourth-order valence-corrected chi connectivity index (χ4v) is 2.74. The van der Waals surface area contributed by atoms with Gasteiger partial charge in [0, 0.05) is 25.2 Å². The van der Waals surface area contributed by atoms with Crippen LogP contribution in [0.4, 0.5) is 5.69 Å². The maximum absolute atomic E-state index is 12.3. The Hall–Kier alpha value is -2.04. The molecule has 1 atom stereocenters. The van der Waals surface area contributed by atoms with Crippen LogP contribution < -0.4 is 5.32 Å². The molecule has 1 N–H and O–H groups in total. The van der Waals surface area contributed by atoms with Gasteiger partial charge in [0.15, 0.2) is 11.5 Å². The van der Waals surface area contributed by atoms with Crippen LogP contribution in [0.15, 0.2) is 22.6 Å². The molecular weight excluding hydrogens is 266 g/mol. The van der Waals surface area contributed by atoms with Crippen LogP contribution in [0.25, 0.3) is 11.1 Å². The van der Waals surface area contributed by atoms with Crippen molar-refractivity contribution in [3.8, 4) is 0 Å². The third-order valence-electron chi connectivity index (χ3n) is 3.91. The number of amides is 1. The van der Waals surface area contributed by atoms with Gasteiger partial charge in [0.1, 0.15) is 11.6 Å². The maximum Gasteiger partial charge on any atom is 0.244 e. The molecule has 0 aliphatic carbocycles. The minimum Gasteiger partial charge on any atom is -0.441 e. The van der Waals surface area contributed by atoms with Gasteiger partial charge in [-0.3, -0.25) is 4.79 Å². The zero-order valence-corrected chi connectivity index (χ0v) is 12.6. The van der Waals surface area contributed by atoms with E-state index in [9.17, 15) is 4.79 Å². The Morgan fingerprint density at radius 1 is 1.43 bits per heavy atom. The first-order chi connectivity index (χ1) is 10.2. The number of benzene rings is 1. The summed E-state index contributed by atoms with van der Waals surface area (Å²) in [5.74, 6) is 0.908. The van der Waals surface area contributed by atoms with E-state index in [1.165, 1.54) is 0 Å². The number of hydrogen-bond acceptors (Lipinski definition) is 4. The summed E-state index contributed by atoms with van der Waals surface area (Å²) in [6.45, 7) is 5.69. The molecule has 5 heteroatoms. The summed E-state index contributed by atoms with van der Waals surface area (Å²) in [4.78, 5) is 18.6. The molecule has 112 valence electrons. The van der Waals surface area contributed by atoms with Crippen molar-refractivity contribution in [2.75, 3.05) is 18.4 Å². The Balaban J connectivity index is 1.72. The van der Waals surface area contributed by atoms with E-state index < -0.39 is 0 Å². The van der Waals surface area contributed by atoms with E-state index in [0.717, 1.165) is 55.0 Å². The van der Waals surface area contributed by atoms with Gasteiger partial charge in [0.05, 0.1) is 0 Å². The summed E-state index contributed by atoms with van der Waals surface area (Å²) >= 11 is 0. The van der Waals surface area contributed by atoms with E-state index in [2.05, 4.69) is 10.3 Å². The highest BCUT2D eigenvalue weighted by Gasteiger charge is 2.23. The molecular formula is C16H21N3O2. The molecule has 2 heterocycles. The van der Waals surface area contributed by atoms with Crippen molar-refractivity contribution in [2.45, 2.75) is 39.2 Å². The zero-order valence-electron chi connectivity index (χ0n) is 12.6. The average molecular weight is 287 g/mol. The number of anilines is 1. The van der Waals surface area contributed by atoms with E-state index in [1.807, 2.05) is 36.9 Å². The van der Waals surface area contributed by atoms with Gasteiger partial charge in [0.2, 0.25) is 5.91 Å². The highest BCUT2D eigenvalue weighted by Crippen LogP contribution is 2.21.